The van der Waals surface area contributed by atoms with Crippen LogP contribution in [0.4, 0.5) is 0 Å². The van der Waals surface area contributed by atoms with Crippen molar-refractivity contribution in [3.05, 3.63) is 12.2 Å². The molecule has 0 aliphatic heterocycles. The highest BCUT2D eigenvalue weighted by Gasteiger charge is 2.35. The molecule has 0 aromatic rings. The molecule has 0 radical (unpaired) electrons. The summed E-state index contributed by atoms with van der Waals surface area (Å²) in [5.74, 6) is 2.41. The zero-order valence-corrected chi connectivity index (χ0v) is 10.5. The molecule has 15 heavy (non-hydrogen) atoms. The van der Waals surface area contributed by atoms with Crippen LogP contribution < -0.4 is 0 Å². The van der Waals surface area contributed by atoms with Crippen molar-refractivity contribution in [2.24, 2.45) is 23.7 Å². The van der Waals surface area contributed by atoms with E-state index in [1.807, 2.05) is 13.0 Å². The Morgan fingerprint density at radius 1 is 1.33 bits per heavy atom. The van der Waals surface area contributed by atoms with Gasteiger partial charge >= 0.3 is 0 Å². The minimum Gasteiger partial charge on any atom is -0.295 e. The van der Waals surface area contributed by atoms with Gasteiger partial charge in [0.15, 0.2) is 5.78 Å². The highest BCUT2D eigenvalue weighted by Crippen LogP contribution is 2.39. The average Bonchev–Trinajstić information content (AvgIpc) is 2.17. The lowest BCUT2D eigenvalue weighted by atomic mass is 9.67. The summed E-state index contributed by atoms with van der Waals surface area (Å²) in [6.07, 6.45) is 7.39. The third-order valence-electron chi connectivity index (χ3n) is 3.79. The summed E-state index contributed by atoms with van der Waals surface area (Å²) in [4.78, 5) is 12.0. The van der Waals surface area contributed by atoms with Crippen molar-refractivity contribution in [3.63, 3.8) is 0 Å². The van der Waals surface area contributed by atoms with Gasteiger partial charge in [-0.1, -0.05) is 33.3 Å². The molecule has 0 spiro atoms. The predicted molar refractivity (Wildman–Crippen MR) is 64.7 cm³/mol. The molecular weight excluding hydrogens is 184 g/mol. The zero-order valence-electron chi connectivity index (χ0n) is 10.5. The minimum absolute atomic E-state index is 0.273. The highest BCUT2D eigenvalue weighted by molar-refractivity contribution is 5.92. The Morgan fingerprint density at radius 3 is 2.53 bits per heavy atom. The Kier molecular flexibility index (Phi) is 4.56. The van der Waals surface area contributed by atoms with E-state index in [2.05, 4.69) is 20.8 Å². The first-order valence-corrected chi connectivity index (χ1v) is 6.24. The van der Waals surface area contributed by atoms with Crippen molar-refractivity contribution < 1.29 is 4.79 Å². The summed E-state index contributed by atoms with van der Waals surface area (Å²) in [7, 11) is 0. The van der Waals surface area contributed by atoms with Gasteiger partial charge in [0, 0.05) is 5.92 Å². The minimum atomic E-state index is 0.273. The molecule has 0 N–H and O–H groups in total. The van der Waals surface area contributed by atoms with Crippen LogP contribution in [0.1, 0.15) is 47.0 Å². The smallest absolute Gasteiger partial charge is 0.158 e. The third-order valence-corrected chi connectivity index (χ3v) is 3.79. The van der Waals surface area contributed by atoms with E-state index in [-0.39, 0.29) is 5.92 Å². The van der Waals surface area contributed by atoms with E-state index < -0.39 is 0 Å². The molecule has 1 rings (SSSR count). The van der Waals surface area contributed by atoms with Gasteiger partial charge in [0.2, 0.25) is 0 Å². The Bertz CT molecular complexity index is 240. The Labute approximate surface area is 93.9 Å². The summed E-state index contributed by atoms with van der Waals surface area (Å²) < 4.78 is 0. The van der Waals surface area contributed by atoms with Crippen LogP contribution in [-0.2, 0) is 4.79 Å². The Balaban J connectivity index is 2.81. The normalized spacial score (nSPS) is 32.5. The summed E-state index contributed by atoms with van der Waals surface area (Å²) in [5.41, 5.74) is 0. The molecule has 1 aliphatic carbocycles. The van der Waals surface area contributed by atoms with E-state index in [9.17, 15) is 4.79 Å². The number of carbonyl (C=O) groups is 1. The summed E-state index contributed by atoms with van der Waals surface area (Å²) in [5, 5.41) is 0. The fraction of sp³-hybridized carbons (Fsp3) is 0.786. The second-order valence-corrected chi connectivity index (χ2v) is 5.24. The number of ketones is 1. The first-order chi connectivity index (χ1) is 7.07. The highest BCUT2D eigenvalue weighted by atomic mass is 16.1. The number of hydrogen-bond acceptors (Lipinski definition) is 1. The Hall–Kier alpha value is -0.590. The zero-order chi connectivity index (χ0) is 11.4. The van der Waals surface area contributed by atoms with E-state index in [1.165, 1.54) is 19.3 Å². The van der Waals surface area contributed by atoms with Crippen LogP contribution in [0.15, 0.2) is 12.2 Å². The van der Waals surface area contributed by atoms with E-state index in [4.69, 9.17) is 0 Å². The lowest BCUT2D eigenvalue weighted by molar-refractivity contribution is -0.123. The van der Waals surface area contributed by atoms with Gasteiger partial charge < -0.3 is 0 Å². The molecule has 0 aromatic heterocycles. The van der Waals surface area contributed by atoms with Crippen LogP contribution in [0.3, 0.4) is 0 Å². The number of rotatable bonds is 3. The van der Waals surface area contributed by atoms with Gasteiger partial charge in [-0.25, -0.2) is 0 Å². The molecule has 0 heterocycles. The van der Waals surface area contributed by atoms with Gasteiger partial charge in [-0.2, -0.15) is 0 Å². The van der Waals surface area contributed by atoms with E-state index in [1.54, 1.807) is 6.08 Å². The molecule has 0 aromatic carbocycles. The van der Waals surface area contributed by atoms with E-state index in [0.717, 1.165) is 0 Å². The molecule has 1 aliphatic rings. The second-order valence-electron chi connectivity index (χ2n) is 5.24. The maximum atomic E-state index is 12.0. The van der Waals surface area contributed by atoms with Gasteiger partial charge in [-0.05, 0) is 43.6 Å². The lowest BCUT2D eigenvalue weighted by Crippen LogP contribution is -2.35. The quantitative estimate of drug-likeness (QED) is 0.644. The summed E-state index contributed by atoms with van der Waals surface area (Å²) >= 11 is 0. The fourth-order valence-electron chi connectivity index (χ4n) is 2.97. The van der Waals surface area contributed by atoms with Crippen molar-refractivity contribution in [2.75, 3.05) is 0 Å². The van der Waals surface area contributed by atoms with Crippen LogP contribution in [0.2, 0.25) is 0 Å². The fourth-order valence-corrected chi connectivity index (χ4v) is 2.97. The molecule has 1 nitrogen and oxygen atoms in total. The molecule has 86 valence electrons. The van der Waals surface area contributed by atoms with Crippen molar-refractivity contribution in [1.82, 2.24) is 0 Å². The van der Waals surface area contributed by atoms with Crippen molar-refractivity contribution >= 4 is 5.78 Å². The molecule has 1 heteroatoms. The molecule has 3 atom stereocenters. The maximum Gasteiger partial charge on any atom is 0.158 e. The summed E-state index contributed by atoms with van der Waals surface area (Å²) in [6.45, 7) is 8.66. The van der Waals surface area contributed by atoms with Crippen LogP contribution >= 0.6 is 0 Å². The van der Waals surface area contributed by atoms with Gasteiger partial charge in [-0.3, -0.25) is 4.79 Å². The first-order valence-electron chi connectivity index (χ1n) is 6.24. The van der Waals surface area contributed by atoms with Crippen LogP contribution in [0.25, 0.3) is 0 Å². The summed E-state index contributed by atoms with van der Waals surface area (Å²) in [6, 6.07) is 0. The second kappa shape index (κ2) is 5.48. The van der Waals surface area contributed by atoms with E-state index in [0.29, 0.717) is 23.5 Å². The molecule has 0 bridgehead atoms. The van der Waals surface area contributed by atoms with Crippen molar-refractivity contribution in [3.8, 4) is 0 Å². The number of hydrogen-bond donors (Lipinski definition) is 0. The molecule has 1 fully saturated rings. The van der Waals surface area contributed by atoms with Gasteiger partial charge in [0.1, 0.15) is 0 Å². The molecule has 0 amide bonds. The average molecular weight is 208 g/mol. The molecular formula is C14H24O. The third kappa shape index (κ3) is 2.93. The van der Waals surface area contributed by atoms with Crippen LogP contribution in [0.5, 0.6) is 0 Å². The van der Waals surface area contributed by atoms with Crippen molar-refractivity contribution in [1.29, 1.82) is 0 Å². The molecule has 0 saturated heterocycles. The Morgan fingerprint density at radius 2 is 2.00 bits per heavy atom. The molecule has 3 unspecified atom stereocenters. The standard InChI is InChI=1S/C14H24O/c1-5-7-13(15)14-11(4)8-6-9-12(14)10(2)3/h5,7,10-12,14H,6,8-9H2,1-4H3. The van der Waals surface area contributed by atoms with E-state index >= 15 is 0 Å². The van der Waals surface area contributed by atoms with Crippen molar-refractivity contribution in [2.45, 2.75) is 47.0 Å². The topological polar surface area (TPSA) is 17.1 Å². The van der Waals surface area contributed by atoms with Crippen LogP contribution in [0, 0.1) is 23.7 Å². The number of carbonyl (C=O) groups excluding carboxylic acids is 1. The monoisotopic (exact) mass is 208 g/mol. The first kappa shape index (κ1) is 12.5. The van der Waals surface area contributed by atoms with Gasteiger partial charge in [0.25, 0.3) is 0 Å². The SMILES string of the molecule is CC=CC(=O)C1C(C)CCCC1C(C)C. The molecule has 1 saturated carbocycles. The van der Waals surface area contributed by atoms with Crippen LogP contribution in [-0.4, -0.2) is 5.78 Å². The maximum absolute atomic E-state index is 12.0. The predicted octanol–water partition coefficient (Wildman–Crippen LogP) is 3.84. The van der Waals surface area contributed by atoms with Gasteiger partial charge in [-0.15, -0.1) is 0 Å². The largest absolute Gasteiger partial charge is 0.295 e. The lowest BCUT2D eigenvalue weighted by Gasteiger charge is -2.37. The number of allylic oxidation sites excluding steroid dienone is 2. The van der Waals surface area contributed by atoms with Gasteiger partial charge in [0.05, 0.1) is 0 Å².